The van der Waals surface area contributed by atoms with Crippen molar-refractivity contribution in [2.75, 3.05) is 0 Å². The van der Waals surface area contributed by atoms with E-state index >= 15 is 8.78 Å². The van der Waals surface area contributed by atoms with Crippen LogP contribution >= 0.6 is 0 Å². The average Bonchev–Trinajstić information content (AvgIpc) is 3.72. The van der Waals surface area contributed by atoms with E-state index in [9.17, 15) is 5.26 Å². The molecule has 0 aliphatic heterocycles. The summed E-state index contributed by atoms with van der Waals surface area (Å²) in [5.74, 6) is -0.401. The van der Waals surface area contributed by atoms with Gasteiger partial charge in [0.2, 0.25) is 0 Å². The highest BCUT2D eigenvalue weighted by Gasteiger charge is 2.29. The second kappa shape index (κ2) is 11.4. The SMILES string of the molecule is [C-]#[N+]c1ccc(F)c(-c2c3cc4c5ccccc5c5cccc(c3c(-c3cc(C#N)ccc3F)c3c6ccc(C7CCCCC7)c7cccc(c23)c76)c54)c1. The lowest BCUT2D eigenvalue weighted by Gasteiger charge is -2.23. The van der Waals surface area contributed by atoms with Crippen molar-refractivity contribution in [1.29, 1.82) is 5.26 Å². The van der Waals surface area contributed by atoms with E-state index in [1.165, 1.54) is 54.5 Å². The first-order chi connectivity index (χ1) is 26.6. The molecule has 0 amide bonds. The Balaban J connectivity index is 1.47. The number of nitriles is 1. The van der Waals surface area contributed by atoms with Gasteiger partial charge in [-0.1, -0.05) is 98.1 Å². The summed E-state index contributed by atoms with van der Waals surface area (Å²) in [5.41, 5.74) is 4.11. The van der Waals surface area contributed by atoms with Crippen LogP contribution in [-0.4, -0.2) is 0 Å². The third-order valence-electron chi connectivity index (χ3n) is 12.3. The zero-order chi connectivity index (χ0) is 36.2. The van der Waals surface area contributed by atoms with Crippen molar-refractivity contribution in [3.8, 4) is 28.3 Å². The fourth-order valence-corrected chi connectivity index (χ4v) is 10.1. The van der Waals surface area contributed by atoms with Gasteiger partial charge in [0.25, 0.3) is 0 Å². The Morgan fingerprint density at radius 3 is 1.89 bits per heavy atom. The summed E-state index contributed by atoms with van der Waals surface area (Å²) in [6, 6.07) is 39.1. The first-order valence-corrected chi connectivity index (χ1v) is 18.7. The van der Waals surface area contributed by atoms with Crippen molar-refractivity contribution in [3.63, 3.8) is 0 Å². The minimum Gasteiger partial charge on any atom is -0.238 e. The second-order valence-corrected chi connectivity index (χ2v) is 15.0. The average molecular weight is 697 g/mol. The molecule has 2 nitrogen and oxygen atoms in total. The number of hydrogen-bond acceptors (Lipinski definition) is 1. The van der Waals surface area contributed by atoms with E-state index in [0.29, 0.717) is 39.4 Å². The number of benzene rings is 8. The standard InChI is InChI=1S/C50H30F2N2/c1-54-29-18-22-43(52)40(24-29)47-41-25-38-32-12-6-5-11-31(32)34-14-8-15-35(45(34)38)46(41)50(39-23-27(26-53)17-21-42(39)51)49-37-20-19-30(28-9-3-2-4-10-28)33-13-7-16-36(44(33)37)48(47)49/h5-8,11-25,28H,2-4,9-10H2. The molecule has 11 rings (SSSR count). The normalized spacial score (nSPS) is 14.0. The molecule has 1 fully saturated rings. The van der Waals surface area contributed by atoms with Crippen LogP contribution in [0.4, 0.5) is 14.5 Å². The van der Waals surface area contributed by atoms with Gasteiger partial charge in [-0.25, -0.2) is 13.6 Å². The number of fused-ring (bicyclic) bond motifs is 8. The molecule has 10 aromatic rings. The highest BCUT2D eigenvalue weighted by atomic mass is 19.1. The van der Waals surface area contributed by atoms with Gasteiger partial charge in [0.05, 0.1) is 18.2 Å². The first kappa shape index (κ1) is 31.0. The van der Waals surface area contributed by atoms with E-state index in [1.807, 2.05) is 18.2 Å². The zero-order valence-corrected chi connectivity index (χ0v) is 29.2. The predicted octanol–water partition coefficient (Wildman–Crippen LogP) is 14.7. The van der Waals surface area contributed by atoms with Crippen LogP contribution in [0.25, 0.3) is 103 Å². The molecule has 0 aromatic heterocycles. The van der Waals surface area contributed by atoms with Gasteiger partial charge in [-0.3, -0.25) is 0 Å². The quantitative estimate of drug-likeness (QED) is 0.133. The Kier molecular flexibility index (Phi) is 6.56. The molecule has 4 heteroatoms. The number of nitrogens with zero attached hydrogens (tertiary/aromatic N) is 2. The van der Waals surface area contributed by atoms with E-state index in [-0.39, 0.29) is 0 Å². The minimum absolute atomic E-state index is 0.339. The third-order valence-corrected chi connectivity index (χ3v) is 12.3. The molecule has 0 atom stereocenters. The van der Waals surface area contributed by atoms with E-state index in [4.69, 9.17) is 6.57 Å². The number of hydrogen-bond donors (Lipinski definition) is 0. The largest absolute Gasteiger partial charge is 0.238 e. The maximum absolute atomic E-state index is 16.7. The van der Waals surface area contributed by atoms with Crippen molar-refractivity contribution in [3.05, 3.63) is 149 Å². The Morgan fingerprint density at radius 1 is 0.519 bits per heavy atom. The monoisotopic (exact) mass is 696 g/mol. The Labute approximate surface area is 310 Å². The molecule has 0 saturated heterocycles. The van der Waals surface area contributed by atoms with Crippen molar-refractivity contribution >= 4 is 81.1 Å². The van der Waals surface area contributed by atoms with Crippen LogP contribution in [0.3, 0.4) is 0 Å². The predicted molar refractivity (Wildman–Crippen MR) is 219 cm³/mol. The van der Waals surface area contributed by atoms with E-state index < -0.39 is 11.6 Å². The molecule has 1 saturated carbocycles. The van der Waals surface area contributed by atoms with Gasteiger partial charge >= 0.3 is 0 Å². The third kappa shape index (κ3) is 4.11. The van der Waals surface area contributed by atoms with Crippen molar-refractivity contribution in [1.82, 2.24) is 0 Å². The molecule has 254 valence electrons. The molecule has 54 heavy (non-hydrogen) atoms. The first-order valence-electron chi connectivity index (χ1n) is 18.7. The molecular weight excluding hydrogens is 667 g/mol. The molecule has 0 bridgehead atoms. The highest BCUT2D eigenvalue weighted by molar-refractivity contribution is 6.45. The molecule has 0 heterocycles. The molecule has 0 unspecified atom stereocenters. The van der Waals surface area contributed by atoms with Gasteiger partial charge in [-0.05, 0) is 142 Å². The summed E-state index contributed by atoms with van der Waals surface area (Å²) in [5, 5.41) is 23.9. The van der Waals surface area contributed by atoms with Gasteiger partial charge < -0.3 is 0 Å². The van der Waals surface area contributed by atoms with Crippen LogP contribution in [0.5, 0.6) is 0 Å². The van der Waals surface area contributed by atoms with E-state index in [2.05, 4.69) is 71.6 Å². The van der Waals surface area contributed by atoms with Gasteiger partial charge in [0.15, 0.2) is 5.69 Å². The van der Waals surface area contributed by atoms with Gasteiger partial charge in [-0.15, -0.1) is 0 Å². The van der Waals surface area contributed by atoms with Crippen LogP contribution in [-0.2, 0) is 0 Å². The van der Waals surface area contributed by atoms with Crippen LogP contribution in [0.15, 0.2) is 115 Å². The summed E-state index contributed by atoms with van der Waals surface area (Å²) < 4.78 is 33.3. The Morgan fingerprint density at radius 2 is 1.13 bits per heavy atom. The van der Waals surface area contributed by atoms with Crippen molar-refractivity contribution < 1.29 is 8.78 Å². The van der Waals surface area contributed by atoms with Crippen LogP contribution < -0.4 is 0 Å². The summed E-state index contributed by atoms with van der Waals surface area (Å²) in [7, 11) is 0. The lowest BCUT2D eigenvalue weighted by atomic mass is 9.81. The number of halogens is 2. The highest BCUT2D eigenvalue weighted by Crippen LogP contribution is 2.56. The molecule has 10 aromatic carbocycles. The van der Waals surface area contributed by atoms with Crippen molar-refractivity contribution in [2.45, 2.75) is 38.0 Å². The molecule has 1 aliphatic rings. The Bertz CT molecular complexity index is 3300. The molecular formula is C50H30F2N2. The summed E-state index contributed by atoms with van der Waals surface area (Å²) in [6.07, 6.45) is 5.96. The summed E-state index contributed by atoms with van der Waals surface area (Å²) in [4.78, 5) is 3.73. The van der Waals surface area contributed by atoms with E-state index in [0.717, 1.165) is 82.9 Å². The summed E-state index contributed by atoms with van der Waals surface area (Å²) >= 11 is 0. The lowest BCUT2D eigenvalue weighted by molar-refractivity contribution is 0.445. The van der Waals surface area contributed by atoms with E-state index in [1.54, 1.807) is 12.1 Å². The van der Waals surface area contributed by atoms with Gasteiger partial charge in [0, 0.05) is 16.7 Å². The molecule has 0 spiro atoms. The maximum Gasteiger partial charge on any atom is 0.188 e. The number of rotatable bonds is 3. The summed E-state index contributed by atoms with van der Waals surface area (Å²) in [6.45, 7) is 7.91. The molecule has 0 N–H and O–H groups in total. The smallest absolute Gasteiger partial charge is 0.188 e. The van der Waals surface area contributed by atoms with Crippen molar-refractivity contribution in [2.24, 2.45) is 0 Å². The lowest BCUT2D eigenvalue weighted by Crippen LogP contribution is -2.04. The Hall–Kier alpha value is -6.62. The van der Waals surface area contributed by atoms with Crippen LogP contribution in [0, 0.1) is 29.5 Å². The van der Waals surface area contributed by atoms with Gasteiger partial charge in [0.1, 0.15) is 11.6 Å². The second-order valence-electron chi connectivity index (χ2n) is 15.0. The van der Waals surface area contributed by atoms with Gasteiger partial charge in [-0.2, -0.15) is 5.26 Å². The fraction of sp³-hybridized carbons (Fsp3) is 0.120. The van der Waals surface area contributed by atoms with Crippen LogP contribution in [0.1, 0.15) is 49.1 Å². The molecule has 0 radical (unpaired) electrons. The maximum atomic E-state index is 16.7. The fourth-order valence-electron chi connectivity index (χ4n) is 10.1. The van der Waals surface area contributed by atoms with Crippen LogP contribution in [0.2, 0.25) is 0 Å². The minimum atomic E-state index is -0.427. The topological polar surface area (TPSA) is 28.1 Å². The zero-order valence-electron chi connectivity index (χ0n) is 29.2. The molecule has 1 aliphatic carbocycles.